The Morgan fingerprint density at radius 2 is 1.84 bits per heavy atom. The number of benzene rings is 1. The zero-order valence-corrected chi connectivity index (χ0v) is 13.7. The SMILES string of the molecule is CON(Cc1ccc(Cl)cc1)c1ncc(-c2nnc(C(F)F)o2)cn1. The fourth-order valence-electron chi connectivity index (χ4n) is 1.97. The molecular weight excluding hydrogens is 356 g/mol. The van der Waals surface area contributed by atoms with Crippen LogP contribution in [0.25, 0.3) is 11.5 Å². The molecule has 0 aliphatic heterocycles. The molecule has 2 heterocycles. The van der Waals surface area contributed by atoms with Gasteiger partial charge in [0.25, 0.3) is 11.8 Å². The summed E-state index contributed by atoms with van der Waals surface area (Å²) < 4.78 is 29.8. The van der Waals surface area contributed by atoms with E-state index < -0.39 is 12.3 Å². The second-order valence-corrected chi connectivity index (χ2v) is 5.30. The number of nitrogens with zero attached hydrogens (tertiary/aromatic N) is 5. The van der Waals surface area contributed by atoms with E-state index in [1.165, 1.54) is 24.6 Å². The maximum atomic E-state index is 12.5. The van der Waals surface area contributed by atoms with Crippen LogP contribution in [0.5, 0.6) is 0 Å². The van der Waals surface area contributed by atoms with Gasteiger partial charge >= 0.3 is 6.43 Å². The van der Waals surface area contributed by atoms with Gasteiger partial charge in [0, 0.05) is 17.4 Å². The lowest BCUT2D eigenvalue weighted by atomic mass is 10.2. The van der Waals surface area contributed by atoms with Crippen LogP contribution in [0.3, 0.4) is 0 Å². The van der Waals surface area contributed by atoms with Crippen molar-refractivity contribution in [1.29, 1.82) is 0 Å². The van der Waals surface area contributed by atoms with Gasteiger partial charge in [0.1, 0.15) is 0 Å². The molecule has 1 aromatic carbocycles. The maximum absolute atomic E-state index is 12.5. The third-order valence-electron chi connectivity index (χ3n) is 3.20. The van der Waals surface area contributed by atoms with Gasteiger partial charge < -0.3 is 4.42 Å². The van der Waals surface area contributed by atoms with Crippen molar-refractivity contribution in [2.24, 2.45) is 0 Å². The number of halogens is 3. The Bertz CT molecular complexity index is 827. The Labute approximate surface area is 146 Å². The van der Waals surface area contributed by atoms with Gasteiger partial charge in [-0.3, -0.25) is 4.84 Å². The molecule has 3 aromatic rings. The van der Waals surface area contributed by atoms with E-state index in [-0.39, 0.29) is 11.8 Å². The zero-order chi connectivity index (χ0) is 17.8. The minimum atomic E-state index is -2.83. The molecule has 0 unspecified atom stereocenters. The van der Waals surface area contributed by atoms with Crippen LogP contribution in [-0.4, -0.2) is 27.3 Å². The number of aromatic nitrogens is 4. The van der Waals surface area contributed by atoms with Crippen LogP contribution in [-0.2, 0) is 11.4 Å². The summed E-state index contributed by atoms with van der Waals surface area (Å²) in [6, 6.07) is 7.25. The molecule has 3 rings (SSSR count). The smallest absolute Gasteiger partial charge is 0.314 e. The van der Waals surface area contributed by atoms with E-state index in [4.69, 9.17) is 20.9 Å². The molecule has 2 aromatic heterocycles. The van der Waals surface area contributed by atoms with Gasteiger partial charge in [-0.25, -0.2) is 15.0 Å². The van der Waals surface area contributed by atoms with Crippen molar-refractivity contribution < 1.29 is 18.0 Å². The highest BCUT2D eigenvalue weighted by atomic mass is 35.5. The molecule has 10 heteroatoms. The van der Waals surface area contributed by atoms with Crippen molar-refractivity contribution in [3.63, 3.8) is 0 Å². The number of hydrogen-bond donors (Lipinski definition) is 0. The molecule has 0 spiro atoms. The average molecular weight is 368 g/mol. The van der Waals surface area contributed by atoms with E-state index in [0.717, 1.165) is 5.56 Å². The Balaban J connectivity index is 1.76. The minimum absolute atomic E-state index is 0.0801. The first-order valence-corrected chi connectivity index (χ1v) is 7.44. The van der Waals surface area contributed by atoms with E-state index in [2.05, 4.69) is 20.2 Å². The molecule has 0 bridgehead atoms. The zero-order valence-electron chi connectivity index (χ0n) is 12.9. The van der Waals surface area contributed by atoms with E-state index in [0.29, 0.717) is 17.1 Å². The summed E-state index contributed by atoms with van der Waals surface area (Å²) in [5, 5.41) is 8.90. The van der Waals surface area contributed by atoms with Gasteiger partial charge in [0.05, 0.1) is 19.2 Å². The van der Waals surface area contributed by atoms with E-state index >= 15 is 0 Å². The number of rotatable bonds is 6. The standard InChI is InChI=1S/C15H12ClF2N5O2/c1-24-23(8-9-2-4-11(16)5-3-9)15-19-6-10(7-20-15)13-21-22-14(25-13)12(17)18/h2-7,12H,8H2,1H3. The van der Waals surface area contributed by atoms with Crippen molar-refractivity contribution in [2.75, 3.05) is 12.2 Å². The quantitative estimate of drug-likeness (QED) is 0.615. The van der Waals surface area contributed by atoms with Gasteiger partial charge in [-0.15, -0.1) is 10.2 Å². The van der Waals surface area contributed by atoms with Gasteiger partial charge in [-0.1, -0.05) is 23.7 Å². The highest BCUT2D eigenvalue weighted by Gasteiger charge is 2.18. The lowest BCUT2D eigenvalue weighted by Gasteiger charge is -2.19. The number of hydroxylamine groups is 1. The fourth-order valence-corrected chi connectivity index (χ4v) is 2.10. The van der Waals surface area contributed by atoms with Crippen molar-refractivity contribution in [3.8, 4) is 11.5 Å². The van der Waals surface area contributed by atoms with Crippen molar-refractivity contribution in [2.45, 2.75) is 13.0 Å². The maximum Gasteiger partial charge on any atom is 0.314 e. The summed E-state index contributed by atoms with van der Waals surface area (Å²) in [4.78, 5) is 13.6. The first-order chi connectivity index (χ1) is 12.1. The molecule has 0 aliphatic carbocycles. The molecule has 0 aliphatic rings. The molecule has 25 heavy (non-hydrogen) atoms. The lowest BCUT2D eigenvalue weighted by molar-refractivity contribution is 0.116. The van der Waals surface area contributed by atoms with E-state index in [9.17, 15) is 8.78 Å². The summed E-state index contributed by atoms with van der Waals surface area (Å²) >= 11 is 5.86. The second-order valence-electron chi connectivity index (χ2n) is 4.86. The first kappa shape index (κ1) is 17.2. The summed E-state index contributed by atoms with van der Waals surface area (Å²) in [6.07, 6.45) is -0.0531. The minimum Gasteiger partial charge on any atom is -0.415 e. The van der Waals surface area contributed by atoms with Crippen molar-refractivity contribution in [1.82, 2.24) is 20.2 Å². The van der Waals surface area contributed by atoms with Crippen molar-refractivity contribution in [3.05, 3.63) is 53.1 Å². The van der Waals surface area contributed by atoms with Gasteiger partial charge in [-0.2, -0.15) is 8.78 Å². The number of alkyl halides is 2. The Hall–Kier alpha value is -2.65. The lowest BCUT2D eigenvalue weighted by Crippen LogP contribution is -2.23. The second kappa shape index (κ2) is 7.49. The molecule has 0 atom stereocenters. The van der Waals surface area contributed by atoms with Crippen molar-refractivity contribution >= 4 is 17.5 Å². The topological polar surface area (TPSA) is 77.2 Å². The summed E-state index contributed by atoms with van der Waals surface area (Å²) in [7, 11) is 1.49. The Kier molecular flexibility index (Phi) is 5.15. The number of hydrogen-bond acceptors (Lipinski definition) is 7. The summed E-state index contributed by atoms with van der Waals surface area (Å²) in [5.74, 6) is -0.543. The van der Waals surface area contributed by atoms with Crippen LogP contribution in [0, 0.1) is 0 Å². The molecule has 0 fully saturated rings. The molecule has 0 amide bonds. The van der Waals surface area contributed by atoms with Crippen LogP contribution in [0.4, 0.5) is 14.7 Å². The summed E-state index contributed by atoms with van der Waals surface area (Å²) in [5.41, 5.74) is 1.27. The molecule has 0 saturated carbocycles. The monoisotopic (exact) mass is 367 g/mol. The molecule has 130 valence electrons. The van der Waals surface area contributed by atoms with E-state index in [1.807, 2.05) is 12.1 Å². The number of anilines is 1. The van der Waals surface area contributed by atoms with Crippen LogP contribution < -0.4 is 5.06 Å². The van der Waals surface area contributed by atoms with Gasteiger partial charge in [0.15, 0.2) is 0 Å². The normalized spacial score (nSPS) is 11.1. The van der Waals surface area contributed by atoms with Gasteiger partial charge in [0.2, 0.25) is 5.95 Å². The Morgan fingerprint density at radius 3 is 2.40 bits per heavy atom. The van der Waals surface area contributed by atoms with Crippen LogP contribution in [0.1, 0.15) is 17.9 Å². The first-order valence-electron chi connectivity index (χ1n) is 7.07. The third-order valence-corrected chi connectivity index (χ3v) is 3.45. The molecule has 0 N–H and O–H groups in total. The Morgan fingerprint density at radius 1 is 1.16 bits per heavy atom. The van der Waals surface area contributed by atoms with Crippen LogP contribution in [0.15, 0.2) is 41.1 Å². The van der Waals surface area contributed by atoms with E-state index in [1.54, 1.807) is 12.1 Å². The molecule has 0 saturated heterocycles. The molecular formula is C15H12ClF2N5O2. The fraction of sp³-hybridized carbons (Fsp3) is 0.200. The average Bonchev–Trinajstić information content (AvgIpc) is 3.12. The molecule has 0 radical (unpaired) electrons. The van der Waals surface area contributed by atoms with Crippen LogP contribution >= 0.6 is 11.6 Å². The molecule has 7 nitrogen and oxygen atoms in total. The summed E-state index contributed by atoms with van der Waals surface area (Å²) in [6.45, 7) is 0.392. The third kappa shape index (κ3) is 4.06. The highest BCUT2D eigenvalue weighted by Crippen LogP contribution is 2.23. The van der Waals surface area contributed by atoms with Crippen LogP contribution in [0.2, 0.25) is 5.02 Å². The predicted octanol–water partition coefficient (Wildman–Crippen LogP) is 3.69. The predicted molar refractivity (Wildman–Crippen MR) is 84.9 cm³/mol. The largest absolute Gasteiger partial charge is 0.415 e. The van der Waals surface area contributed by atoms with Gasteiger partial charge in [-0.05, 0) is 17.7 Å². The highest BCUT2D eigenvalue weighted by molar-refractivity contribution is 6.30.